The average molecular weight is 188 g/mol. The number of ether oxygens (including phenoxy) is 1. The Morgan fingerprint density at radius 2 is 2.42 bits per heavy atom. The summed E-state index contributed by atoms with van der Waals surface area (Å²) >= 11 is 5.43. The van der Waals surface area contributed by atoms with E-state index in [4.69, 9.17) is 11.6 Å². The van der Waals surface area contributed by atoms with E-state index in [1.807, 2.05) is 0 Å². The van der Waals surface area contributed by atoms with Gasteiger partial charge in [-0.3, -0.25) is 0 Å². The molecule has 0 aromatic carbocycles. The molecule has 1 heterocycles. The smallest absolute Gasteiger partial charge is 0.167 e. The molecule has 0 aliphatic rings. The zero-order valence-corrected chi connectivity index (χ0v) is 7.18. The van der Waals surface area contributed by atoms with Crippen molar-refractivity contribution in [2.24, 2.45) is 0 Å². The Hall–Kier alpha value is -1.09. The van der Waals surface area contributed by atoms with Crippen molar-refractivity contribution in [3.8, 4) is 0 Å². The third-order valence-corrected chi connectivity index (χ3v) is 1.52. The van der Waals surface area contributed by atoms with E-state index in [-0.39, 0.29) is 5.15 Å². The Kier molecular flexibility index (Phi) is 3.05. The van der Waals surface area contributed by atoms with E-state index in [1.165, 1.54) is 31.7 Å². The molecule has 0 amide bonds. The lowest BCUT2D eigenvalue weighted by Gasteiger charge is -1.96. The Bertz CT molecular complexity index is 301. The number of methoxy groups -OCH3 is 1. The Morgan fingerprint density at radius 3 is 3.08 bits per heavy atom. The molecule has 0 spiro atoms. The molecule has 1 aromatic rings. The van der Waals surface area contributed by atoms with Crippen LogP contribution in [-0.2, 0) is 4.74 Å². The first-order valence-electron chi connectivity index (χ1n) is 3.25. The molecule has 64 valence electrons. The topological polar surface area (TPSA) is 22.1 Å². The molecule has 1 rings (SSSR count). The van der Waals surface area contributed by atoms with Gasteiger partial charge in [0.05, 0.1) is 13.4 Å². The molecule has 0 aliphatic carbocycles. The molecule has 0 atom stereocenters. The highest BCUT2D eigenvalue weighted by molar-refractivity contribution is 6.29. The fourth-order valence-electron chi connectivity index (χ4n) is 0.702. The van der Waals surface area contributed by atoms with Crippen LogP contribution in [0.3, 0.4) is 0 Å². The van der Waals surface area contributed by atoms with Crippen LogP contribution in [0, 0.1) is 5.82 Å². The van der Waals surface area contributed by atoms with Gasteiger partial charge in [-0.15, -0.1) is 0 Å². The molecule has 1 aromatic heterocycles. The highest BCUT2D eigenvalue weighted by Gasteiger charge is 2.03. The Morgan fingerprint density at radius 1 is 1.67 bits per heavy atom. The summed E-state index contributed by atoms with van der Waals surface area (Å²) in [4.78, 5) is 3.56. The zero-order valence-electron chi connectivity index (χ0n) is 6.42. The first-order valence-corrected chi connectivity index (χ1v) is 3.63. The van der Waals surface area contributed by atoms with Crippen molar-refractivity contribution < 1.29 is 9.13 Å². The fourth-order valence-corrected chi connectivity index (χ4v) is 0.867. The number of hydrogen-bond donors (Lipinski definition) is 0. The summed E-state index contributed by atoms with van der Waals surface area (Å²) in [6, 6.07) is 1.51. The molecule has 0 bridgehead atoms. The van der Waals surface area contributed by atoms with Gasteiger partial charge in [-0.2, -0.15) is 0 Å². The van der Waals surface area contributed by atoms with Crippen molar-refractivity contribution >= 4 is 17.7 Å². The molecule has 0 N–H and O–H groups in total. The van der Waals surface area contributed by atoms with E-state index < -0.39 is 5.82 Å². The highest BCUT2D eigenvalue weighted by atomic mass is 35.5. The summed E-state index contributed by atoms with van der Waals surface area (Å²) in [5.74, 6) is -0.535. The minimum atomic E-state index is -0.535. The summed E-state index contributed by atoms with van der Waals surface area (Å²) in [5, 5.41) is -0.131. The van der Waals surface area contributed by atoms with Gasteiger partial charge in [-0.05, 0) is 12.1 Å². The quantitative estimate of drug-likeness (QED) is 0.524. The average Bonchev–Trinajstić information content (AvgIpc) is 2.08. The minimum Gasteiger partial charge on any atom is -0.504 e. The monoisotopic (exact) mass is 187 g/mol. The molecule has 0 aliphatic heterocycles. The molecule has 0 fully saturated rings. The van der Waals surface area contributed by atoms with Crippen LogP contribution in [0.2, 0.25) is 5.15 Å². The van der Waals surface area contributed by atoms with E-state index in [9.17, 15) is 4.39 Å². The van der Waals surface area contributed by atoms with E-state index in [0.717, 1.165) is 0 Å². The first kappa shape index (κ1) is 9.00. The Labute approximate surface area is 74.6 Å². The summed E-state index contributed by atoms with van der Waals surface area (Å²) in [7, 11) is 1.48. The summed E-state index contributed by atoms with van der Waals surface area (Å²) in [6.07, 6.45) is 4.28. The predicted molar refractivity (Wildman–Crippen MR) is 45.2 cm³/mol. The van der Waals surface area contributed by atoms with Gasteiger partial charge >= 0.3 is 0 Å². The number of rotatable bonds is 2. The molecular formula is C8H7ClFNO. The van der Waals surface area contributed by atoms with Crippen LogP contribution in [0.25, 0.3) is 6.08 Å². The van der Waals surface area contributed by atoms with Crippen LogP contribution in [0.1, 0.15) is 5.56 Å². The van der Waals surface area contributed by atoms with Gasteiger partial charge in [-0.1, -0.05) is 11.6 Å². The van der Waals surface area contributed by atoms with Gasteiger partial charge in [-0.25, -0.2) is 9.37 Å². The van der Waals surface area contributed by atoms with Crippen molar-refractivity contribution in [3.05, 3.63) is 35.1 Å². The molecule has 0 saturated carbocycles. The lowest BCUT2D eigenvalue weighted by Crippen LogP contribution is -1.86. The SMILES string of the molecule is CO/C=C/c1ccnc(Cl)c1F. The van der Waals surface area contributed by atoms with Gasteiger partial charge in [0, 0.05) is 11.8 Å². The molecule has 2 nitrogen and oxygen atoms in total. The predicted octanol–water partition coefficient (Wildman–Crippen LogP) is 2.49. The van der Waals surface area contributed by atoms with Crippen LogP contribution in [0.15, 0.2) is 18.5 Å². The third-order valence-electron chi connectivity index (χ3n) is 1.26. The van der Waals surface area contributed by atoms with E-state index in [2.05, 4.69) is 9.72 Å². The lowest BCUT2D eigenvalue weighted by atomic mass is 10.2. The van der Waals surface area contributed by atoms with E-state index >= 15 is 0 Å². The molecule has 0 saturated heterocycles. The maximum atomic E-state index is 13.0. The third kappa shape index (κ3) is 1.95. The van der Waals surface area contributed by atoms with Gasteiger partial charge in [0.1, 0.15) is 0 Å². The second kappa shape index (κ2) is 4.07. The van der Waals surface area contributed by atoms with Crippen molar-refractivity contribution in [1.82, 2.24) is 4.98 Å². The maximum Gasteiger partial charge on any atom is 0.167 e. The number of hydrogen-bond acceptors (Lipinski definition) is 2. The fraction of sp³-hybridized carbons (Fsp3) is 0.125. The standard InChI is InChI=1S/C8H7ClFNO/c1-12-5-3-6-2-4-11-8(9)7(6)10/h2-5H,1H3/b5-3+. The normalized spacial score (nSPS) is 10.6. The first-order chi connectivity index (χ1) is 5.75. The van der Waals surface area contributed by atoms with Gasteiger partial charge in [0.15, 0.2) is 11.0 Å². The number of halogens is 2. The summed E-state index contributed by atoms with van der Waals surface area (Å²) in [6.45, 7) is 0. The Balaban J connectivity index is 3.00. The van der Waals surface area contributed by atoms with Crippen molar-refractivity contribution in [1.29, 1.82) is 0 Å². The number of aromatic nitrogens is 1. The van der Waals surface area contributed by atoms with Crippen molar-refractivity contribution in [2.75, 3.05) is 7.11 Å². The van der Waals surface area contributed by atoms with Crippen LogP contribution in [0.5, 0.6) is 0 Å². The van der Waals surface area contributed by atoms with E-state index in [1.54, 1.807) is 0 Å². The van der Waals surface area contributed by atoms with Crippen LogP contribution >= 0.6 is 11.6 Å². The number of nitrogens with zero attached hydrogens (tertiary/aromatic N) is 1. The van der Waals surface area contributed by atoms with Crippen molar-refractivity contribution in [2.45, 2.75) is 0 Å². The van der Waals surface area contributed by atoms with Crippen LogP contribution < -0.4 is 0 Å². The second-order valence-corrected chi connectivity index (χ2v) is 2.40. The van der Waals surface area contributed by atoms with Crippen LogP contribution in [0.4, 0.5) is 4.39 Å². The van der Waals surface area contributed by atoms with Gasteiger partial charge < -0.3 is 4.74 Å². The minimum absolute atomic E-state index is 0.131. The second-order valence-electron chi connectivity index (χ2n) is 2.04. The lowest BCUT2D eigenvalue weighted by molar-refractivity contribution is 0.341. The molecule has 0 radical (unpaired) electrons. The largest absolute Gasteiger partial charge is 0.504 e. The summed E-state index contributed by atoms with van der Waals surface area (Å²) in [5.41, 5.74) is 0.358. The maximum absolute atomic E-state index is 13.0. The molecule has 4 heteroatoms. The molecule has 0 unspecified atom stereocenters. The van der Waals surface area contributed by atoms with Gasteiger partial charge in [0.25, 0.3) is 0 Å². The van der Waals surface area contributed by atoms with Crippen LogP contribution in [-0.4, -0.2) is 12.1 Å². The van der Waals surface area contributed by atoms with Gasteiger partial charge in [0.2, 0.25) is 0 Å². The summed E-state index contributed by atoms with van der Waals surface area (Å²) < 4.78 is 17.7. The highest BCUT2D eigenvalue weighted by Crippen LogP contribution is 2.15. The zero-order chi connectivity index (χ0) is 8.97. The number of pyridine rings is 1. The molecule has 12 heavy (non-hydrogen) atoms. The van der Waals surface area contributed by atoms with Crippen molar-refractivity contribution in [3.63, 3.8) is 0 Å². The molecular weight excluding hydrogens is 181 g/mol. The van der Waals surface area contributed by atoms with E-state index in [0.29, 0.717) is 5.56 Å².